The van der Waals surface area contributed by atoms with Gasteiger partial charge in [-0.2, -0.15) is 0 Å². The van der Waals surface area contributed by atoms with Gasteiger partial charge in [-0.15, -0.1) is 0 Å². The predicted molar refractivity (Wildman–Crippen MR) is 66.1 cm³/mol. The van der Waals surface area contributed by atoms with Crippen LogP contribution in [0.3, 0.4) is 0 Å². The second kappa shape index (κ2) is 3.10. The number of aromatic nitrogens is 3. The van der Waals surface area contributed by atoms with E-state index in [4.69, 9.17) is 0 Å². The second-order valence-electron chi connectivity index (χ2n) is 4.27. The molecule has 17 heavy (non-hydrogen) atoms. The van der Waals surface area contributed by atoms with Crippen molar-refractivity contribution in [3.05, 3.63) is 60.6 Å². The van der Waals surface area contributed by atoms with Gasteiger partial charge >= 0.3 is 0 Å². The van der Waals surface area contributed by atoms with Crippen molar-refractivity contribution in [3.8, 4) is 17.2 Å². The van der Waals surface area contributed by atoms with Crippen LogP contribution in [-0.4, -0.2) is 14.1 Å². The fourth-order valence-electron chi connectivity index (χ4n) is 2.51. The topological polar surface area (TPSA) is 22.8 Å². The van der Waals surface area contributed by atoms with Gasteiger partial charge in [0.1, 0.15) is 0 Å². The summed E-state index contributed by atoms with van der Waals surface area (Å²) in [7, 11) is 0. The zero-order valence-electron chi connectivity index (χ0n) is 9.24. The third kappa shape index (κ3) is 1.13. The van der Waals surface area contributed by atoms with Crippen molar-refractivity contribution in [1.29, 1.82) is 0 Å². The number of nitrogens with zero attached hydrogens (tertiary/aromatic N) is 3. The number of hydrogen-bond donors (Lipinski definition) is 0. The van der Waals surface area contributed by atoms with E-state index in [1.165, 1.54) is 16.9 Å². The van der Waals surface area contributed by atoms with Crippen molar-refractivity contribution >= 4 is 0 Å². The molecule has 0 fully saturated rings. The van der Waals surface area contributed by atoms with Gasteiger partial charge in [0.25, 0.3) is 0 Å². The molecule has 0 aliphatic carbocycles. The highest BCUT2D eigenvalue weighted by molar-refractivity contribution is 5.59. The molecule has 2 aromatic heterocycles. The summed E-state index contributed by atoms with van der Waals surface area (Å²) in [6.45, 7) is 0.905. The number of para-hydroxylation sites is 1. The average Bonchev–Trinajstić information content (AvgIpc) is 2.96. The first kappa shape index (κ1) is 8.82. The molecule has 1 aliphatic heterocycles. The molecule has 3 heterocycles. The number of fused-ring (bicyclic) bond motifs is 5. The molecule has 4 rings (SSSR count). The molecule has 82 valence electrons. The van der Waals surface area contributed by atoms with Crippen molar-refractivity contribution in [3.63, 3.8) is 0 Å². The zero-order valence-corrected chi connectivity index (χ0v) is 9.24. The lowest BCUT2D eigenvalue weighted by Gasteiger charge is -2.07. The number of rotatable bonds is 0. The highest BCUT2D eigenvalue weighted by Gasteiger charge is 2.17. The quantitative estimate of drug-likeness (QED) is 0.447. The minimum absolute atomic E-state index is 0.905. The molecular weight excluding hydrogens is 210 g/mol. The van der Waals surface area contributed by atoms with Crippen molar-refractivity contribution in [1.82, 2.24) is 14.1 Å². The third-order valence-electron chi connectivity index (χ3n) is 3.29. The smallest absolute Gasteiger partial charge is 0.161 e. The van der Waals surface area contributed by atoms with Crippen LogP contribution in [0.2, 0.25) is 0 Å². The van der Waals surface area contributed by atoms with E-state index >= 15 is 0 Å². The van der Waals surface area contributed by atoms with Gasteiger partial charge in [0.15, 0.2) is 5.82 Å². The van der Waals surface area contributed by atoms with E-state index in [0.717, 1.165) is 12.4 Å². The lowest BCUT2D eigenvalue weighted by Crippen LogP contribution is -1.98. The van der Waals surface area contributed by atoms with Crippen molar-refractivity contribution in [2.24, 2.45) is 0 Å². The Balaban J connectivity index is 2.12. The average molecular weight is 221 g/mol. The number of hydrogen-bond acceptors (Lipinski definition) is 1. The lowest BCUT2D eigenvalue weighted by molar-refractivity contribution is 0.818. The molecular formula is C14H11N3. The van der Waals surface area contributed by atoms with E-state index in [1.807, 2.05) is 12.4 Å². The highest BCUT2D eigenvalue weighted by Crippen LogP contribution is 2.28. The van der Waals surface area contributed by atoms with Gasteiger partial charge in [0, 0.05) is 25.1 Å². The SMILES string of the molecule is c1ccc2c(c1)Cn1cccc1-c1nccn1-2. The second-order valence-corrected chi connectivity index (χ2v) is 4.27. The van der Waals surface area contributed by atoms with Crippen LogP contribution in [0.5, 0.6) is 0 Å². The van der Waals surface area contributed by atoms with Gasteiger partial charge < -0.3 is 4.57 Å². The van der Waals surface area contributed by atoms with Gasteiger partial charge in [-0.25, -0.2) is 4.98 Å². The molecule has 3 nitrogen and oxygen atoms in total. The maximum absolute atomic E-state index is 4.47. The van der Waals surface area contributed by atoms with Crippen LogP contribution in [0, 0.1) is 0 Å². The summed E-state index contributed by atoms with van der Waals surface area (Å²) < 4.78 is 4.40. The molecule has 3 aromatic rings. The van der Waals surface area contributed by atoms with E-state index in [-0.39, 0.29) is 0 Å². The summed E-state index contributed by atoms with van der Waals surface area (Å²) in [6.07, 6.45) is 5.99. The Morgan fingerprint density at radius 1 is 1.00 bits per heavy atom. The van der Waals surface area contributed by atoms with Crippen LogP contribution in [0.25, 0.3) is 17.2 Å². The van der Waals surface area contributed by atoms with Gasteiger partial charge in [-0.05, 0) is 23.8 Å². The molecule has 1 aliphatic rings. The Bertz CT molecular complexity index is 691. The van der Waals surface area contributed by atoms with Crippen LogP contribution >= 0.6 is 0 Å². The molecule has 0 spiro atoms. The molecule has 0 saturated heterocycles. The van der Waals surface area contributed by atoms with Crippen LogP contribution in [0.15, 0.2) is 55.0 Å². The zero-order chi connectivity index (χ0) is 11.2. The molecule has 0 atom stereocenters. The molecule has 0 saturated carbocycles. The largest absolute Gasteiger partial charge is 0.340 e. The molecule has 0 radical (unpaired) electrons. The van der Waals surface area contributed by atoms with Crippen molar-refractivity contribution in [2.75, 3.05) is 0 Å². The fraction of sp³-hybridized carbons (Fsp3) is 0.0714. The fourth-order valence-corrected chi connectivity index (χ4v) is 2.51. The first-order valence-corrected chi connectivity index (χ1v) is 5.70. The van der Waals surface area contributed by atoms with Crippen LogP contribution < -0.4 is 0 Å². The van der Waals surface area contributed by atoms with E-state index in [0.29, 0.717) is 0 Å². The van der Waals surface area contributed by atoms with Gasteiger partial charge in [0.05, 0.1) is 11.4 Å². The van der Waals surface area contributed by atoms with Crippen LogP contribution in [0.1, 0.15) is 5.56 Å². The standard InChI is InChI=1S/C14H11N3/c1-2-5-12-11(4-1)10-16-8-3-6-13(16)14-15-7-9-17(12)14/h1-9H,10H2. The van der Waals surface area contributed by atoms with E-state index in [2.05, 4.69) is 56.7 Å². The summed E-state index contributed by atoms with van der Waals surface area (Å²) in [5, 5.41) is 0. The Morgan fingerprint density at radius 2 is 1.94 bits per heavy atom. The summed E-state index contributed by atoms with van der Waals surface area (Å²) in [5.74, 6) is 1.01. The normalized spacial score (nSPS) is 12.5. The maximum atomic E-state index is 4.47. The Kier molecular flexibility index (Phi) is 1.61. The summed E-state index contributed by atoms with van der Waals surface area (Å²) in [6, 6.07) is 12.7. The van der Waals surface area contributed by atoms with Gasteiger partial charge in [-0.1, -0.05) is 18.2 Å². The van der Waals surface area contributed by atoms with E-state index in [1.54, 1.807) is 0 Å². The minimum Gasteiger partial charge on any atom is -0.340 e. The summed E-state index contributed by atoms with van der Waals surface area (Å²) in [5.41, 5.74) is 3.72. The highest BCUT2D eigenvalue weighted by atomic mass is 15.1. The molecule has 0 bridgehead atoms. The monoisotopic (exact) mass is 221 g/mol. The Morgan fingerprint density at radius 3 is 2.94 bits per heavy atom. The number of imidazole rings is 1. The molecule has 0 N–H and O–H groups in total. The first-order chi connectivity index (χ1) is 8.43. The first-order valence-electron chi connectivity index (χ1n) is 5.70. The maximum Gasteiger partial charge on any atom is 0.161 e. The molecule has 0 unspecified atom stereocenters. The number of benzene rings is 1. The molecule has 0 amide bonds. The van der Waals surface area contributed by atoms with E-state index < -0.39 is 0 Å². The predicted octanol–water partition coefficient (Wildman–Crippen LogP) is 2.70. The van der Waals surface area contributed by atoms with Crippen molar-refractivity contribution in [2.45, 2.75) is 6.54 Å². The van der Waals surface area contributed by atoms with Crippen LogP contribution in [-0.2, 0) is 6.54 Å². The van der Waals surface area contributed by atoms with Crippen LogP contribution in [0.4, 0.5) is 0 Å². The van der Waals surface area contributed by atoms with Gasteiger partial charge in [0.2, 0.25) is 0 Å². The summed E-state index contributed by atoms with van der Waals surface area (Å²) >= 11 is 0. The molecule has 1 aromatic carbocycles. The molecule has 3 heteroatoms. The lowest BCUT2D eigenvalue weighted by atomic mass is 10.2. The Labute approximate surface area is 99.0 Å². The Hall–Kier alpha value is -2.29. The third-order valence-corrected chi connectivity index (χ3v) is 3.29. The van der Waals surface area contributed by atoms with Crippen molar-refractivity contribution < 1.29 is 0 Å². The van der Waals surface area contributed by atoms with E-state index in [9.17, 15) is 0 Å². The summed E-state index contributed by atoms with van der Waals surface area (Å²) in [4.78, 5) is 4.47. The van der Waals surface area contributed by atoms with Gasteiger partial charge in [-0.3, -0.25) is 4.57 Å². The minimum atomic E-state index is 0.905.